The standard InChI is InChI=1S/C15H14N2O3S/c18-14(9-4-5-12(15(19)20)16-8-9)17-11-2-1-3-13-10(11)6-7-21-13/h4-8,11H,1-3H2,(H,17,18)(H,19,20). The number of carbonyl (C=O) groups is 2. The molecule has 1 aliphatic carbocycles. The molecule has 2 N–H and O–H groups in total. The van der Waals surface area contributed by atoms with E-state index in [1.54, 1.807) is 11.3 Å². The van der Waals surface area contributed by atoms with Gasteiger partial charge >= 0.3 is 5.97 Å². The number of pyridine rings is 1. The molecule has 1 aliphatic rings. The first-order chi connectivity index (χ1) is 10.1. The Morgan fingerprint density at radius 1 is 1.33 bits per heavy atom. The van der Waals surface area contributed by atoms with Crippen LogP contribution in [0, 0.1) is 0 Å². The molecule has 21 heavy (non-hydrogen) atoms. The number of aromatic nitrogens is 1. The van der Waals surface area contributed by atoms with E-state index in [9.17, 15) is 9.59 Å². The fraction of sp³-hybridized carbons (Fsp3) is 0.267. The summed E-state index contributed by atoms with van der Waals surface area (Å²) in [7, 11) is 0. The molecule has 0 fully saturated rings. The maximum atomic E-state index is 12.2. The Kier molecular flexibility index (Phi) is 3.70. The molecular weight excluding hydrogens is 288 g/mol. The number of hydrogen-bond donors (Lipinski definition) is 2. The number of rotatable bonds is 3. The van der Waals surface area contributed by atoms with Crippen molar-refractivity contribution >= 4 is 23.2 Å². The third-order valence-electron chi connectivity index (χ3n) is 3.60. The molecule has 6 heteroatoms. The van der Waals surface area contributed by atoms with Crippen LogP contribution in [0.25, 0.3) is 0 Å². The van der Waals surface area contributed by atoms with Crippen LogP contribution in [0.3, 0.4) is 0 Å². The zero-order valence-electron chi connectivity index (χ0n) is 11.2. The highest BCUT2D eigenvalue weighted by molar-refractivity contribution is 7.10. The maximum absolute atomic E-state index is 12.2. The summed E-state index contributed by atoms with van der Waals surface area (Å²) < 4.78 is 0. The number of carbonyl (C=O) groups excluding carboxylic acids is 1. The van der Waals surface area contributed by atoms with Crippen LogP contribution in [0.15, 0.2) is 29.8 Å². The van der Waals surface area contributed by atoms with Gasteiger partial charge in [0.15, 0.2) is 0 Å². The normalized spacial score (nSPS) is 17.0. The van der Waals surface area contributed by atoms with Crippen molar-refractivity contribution in [2.45, 2.75) is 25.3 Å². The van der Waals surface area contributed by atoms with E-state index in [0.29, 0.717) is 5.56 Å². The van der Waals surface area contributed by atoms with Gasteiger partial charge in [0.05, 0.1) is 11.6 Å². The van der Waals surface area contributed by atoms with Crippen LogP contribution in [0.1, 0.15) is 50.2 Å². The van der Waals surface area contributed by atoms with Crippen molar-refractivity contribution in [2.24, 2.45) is 0 Å². The monoisotopic (exact) mass is 302 g/mol. The highest BCUT2D eigenvalue weighted by Gasteiger charge is 2.23. The summed E-state index contributed by atoms with van der Waals surface area (Å²) in [6, 6.07) is 4.93. The van der Waals surface area contributed by atoms with Gasteiger partial charge in [-0.3, -0.25) is 4.79 Å². The second kappa shape index (κ2) is 5.65. The Labute approximate surface area is 125 Å². The molecule has 1 amide bonds. The SMILES string of the molecule is O=C(NC1CCCc2sccc21)c1ccc(C(=O)O)nc1. The number of fused-ring (bicyclic) bond motifs is 1. The van der Waals surface area contributed by atoms with Gasteiger partial charge in [-0.15, -0.1) is 11.3 Å². The van der Waals surface area contributed by atoms with Crippen LogP contribution in [-0.2, 0) is 6.42 Å². The molecule has 3 rings (SSSR count). The third kappa shape index (κ3) is 2.80. The van der Waals surface area contributed by atoms with E-state index in [1.807, 2.05) is 0 Å². The lowest BCUT2D eigenvalue weighted by Gasteiger charge is -2.23. The van der Waals surface area contributed by atoms with Crippen molar-refractivity contribution in [3.05, 3.63) is 51.5 Å². The Bertz CT molecular complexity index is 678. The van der Waals surface area contributed by atoms with Gasteiger partial charge < -0.3 is 10.4 Å². The van der Waals surface area contributed by atoms with Gasteiger partial charge in [0.2, 0.25) is 0 Å². The topological polar surface area (TPSA) is 79.3 Å². The van der Waals surface area contributed by atoms with Gasteiger partial charge in [0.1, 0.15) is 5.69 Å². The van der Waals surface area contributed by atoms with Crippen LogP contribution in [0.5, 0.6) is 0 Å². The lowest BCUT2D eigenvalue weighted by Crippen LogP contribution is -2.30. The highest BCUT2D eigenvalue weighted by atomic mass is 32.1. The van der Waals surface area contributed by atoms with Crippen molar-refractivity contribution < 1.29 is 14.7 Å². The minimum absolute atomic E-state index is 0.0339. The molecule has 0 spiro atoms. The van der Waals surface area contributed by atoms with E-state index in [-0.39, 0.29) is 17.6 Å². The number of carboxylic acid groups (broad SMARTS) is 1. The zero-order valence-corrected chi connectivity index (χ0v) is 12.0. The van der Waals surface area contributed by atoms with Crippen LogP contribution >= 0.6 is 11.3 Å². The summed E-state index contributed by atoms with van der Waals surface area (Å²) in [6.07, 6.45) is 4.37. The first-order valence-electron chi connectivity index (χ1n) is 6.71. The quantitative estimate of drug-likeness (QED) is 0.913. The van der Waals surface area contributed by atoms with E-state index in [4.69, 9.17) is 5.11 Å². The maximum Gasteiger partial charge on any atom is 0.354 e. The van der Waals surface area contributed by atoms with Crippen molar-refractivity contribution in [1.82, 2.24) is 10.3 Å². The van der Waals surface area contributed by atoms with E-state index in [0.717, 1.165) is 19.3 Å². The molecule has 2 aromatic rings. The van der Waals surface area contributed by atoms with Gasteiger partial charge in [-0.2, -0.15) is 0 Å². The van der Waals surface area contributed by atoms with Crippen molar-refractivity contribution in [2.75, 3.05) is 0 Å². The van der Waals surface area contributed by atoms with E-state index in [1.165, 1.54) is 28.8 Å². The number of aryl methyl sites for hydroxylation is 1. The molecule has 1 unspecified atom stereocenters. The molecule has 1 atom stereocenters. The van der Waals surface area contributed by atoms with E-state index in [2.05, 4.69) is 21.7 Å². The van der Waals surface area contributed by atoms with Crippen molar-refractivity contribution in [1.29, 1.82) is 0 Å². The third-order valence-corrected chi connectivity index (χ3v) is 4.60. The summed E-state index contributed by atoms with van der Waals surface area (Å²) in [5.41, 5.74) is 1.52. The highest BCUT2D eigenvalue weighted by Crippen LogP contribution is 2.33. The zero-order chi connectivity index (χ0) is 14.8. The first-order valence-corrected chi connectivity index (χ1v) is 7.59. The Balaban J connectivity index is 1.74. The minimum atomic E-state index is -1.10. The van der Waals surface area contributed by atoms with Crippen molar-refractivity contribution in [3.8, 4) is 0 Å². The predicted molar refractivity (Wildman–Crippen MR) is 78.7 cm³/mol. The summed E-state index contributed by atoms with van der Waals surface area (Å²) in [6.45, 7) is 0. The first kappa shape index (κ1) is 13.8. The smallest absolute Gasteiger partial charge is 0.354 e. The lowest BCUT2D eigenvalue weighted by atomic mass is 9.94. The fourth-order valence-corrected chi connectivity index (χ4v) is 3.52. The van der Waals surface area contributed by atoms with Gasteiger partial charge in [0.25, 0.3) is 5.91 Å². The van der Waals surface area contributed by atoms with Crippen LogP contribution in [-0.4, -0.2) is 22.0 Å². The van der Waals surface area contributed by atoms with Gasteiger partial charge in [-0.25, -0.2) is 9.78 Å². The lowest BCUT2D eigenvalue weighted by molar-refractivity contribution is 0.0689. The molecule has 0 aromatic carbocycles. The molecule has 0 aliphatic heterocycles. The fourth-order valence-electron chi connectivity index (χ4n) is 2.53. The number of nitrogens with one attached hydrogen (secondary N) is 1. The summed E-state index contributed by atoms with van der Waals surface area (Å²) in [5.74, 6) is -1.32. The molecule has 0 saturated carbocycles. The molecule has 0 saturated heterocycles. The van der Waals surface area contributed by atoms with Gasteiger partial charge in [0, 0.05) is 11.1 Å². The second-order valence-corrected chi connectivity index (χ2v) is 5.96. The molecule has 2 heterocycles. The molecule has 2 aromatic heterocycles. The Morgan fingerprint density at radius 2 is 2.19 bits per heavy atom. The number of amides is 1. The average Bonchev–Trinajstić information content (AvgIpc) is 2.97. The number of hydrogen-bond acceptors (Lipinski definition) is 4. The van der Waals surface area contributed by atoms with E-state index < -0.39 is 5.97 Å². The van der Waals surface area contributed by atoms with Crippen molar-refractivity contribution in [3.63, 3.8) is 0 Å². The molecule has 0 radical (unpaired) electrons. The molecular formula is C15H14N2O3S. The summed E-state index contributed by atoms with van der Waals surface area (Å²) in [5, 5.41) is 13.9. The van der Waals surface area contributed by atoms with Gasteiger partial charge in [-0.05, 0) is 48.4 Å². The number of thiophene rings is 1. The molecule has 0 bridgehead atoms. The van der Waals surface area contributed by atoms with Gasteiger partial charge in [-0.1, -0.05) is 0 Å². The second-order valence-electron chi connectivity index (χ2n) is 4.95. The molecule has 5 nitrogen and oxygen atoms in total. The van der Waals surface area contributed by atoms with Crippen LogP contribution in [0.4, 0.5) is 0 Å². The molecule has 108 valence electrons. The number of aromatic carboxylic acids is 1. The Morgan fingerprint density at radius 3 is 2.90 bits per heavy atom. The number of carboxylic acids is 1. The average molecular weight is 302 g/mol. The summed E-state index contributed by atoms with van der Waals surface area (Å²) in [4.78, 5) is 28.1. The number of nitrogens with zero attached hydrogens (tertiary/aromatic N) is 1. The Hall–Kier alpha value is -2.21. The summed E-state index contributed by atoms with van der Waals surface area (Å²) >= 11 is 1.73. The predicted octanol–water partition coefficient (Wildman–Crippen LogP) is 2.65. The minimum Gasteiger partial charge on any atom is -0.477 e. The van der Waals surface area contributed by atoms with Crippen LogP contribution in [0.2, 0.25) is 0 Å². The van der Waals surface area contributed by atoms with E-state index >= 15 is 0 Å². The largest absolute Gasteiger partial charge is 0.477 e. The van der Waals surface area contributed by atoms with Crippen LogP contribution < -0.4 is 5.32 Å².